The quantitative estimate of drug-likeness (QED) is 0.653. The van der Waals surface area contributed by atoms with Crippen LogP contribution >= 0.6 is 11.6 Å². The summed E-state index contributed by atoms with van der Waals surface area (Å²) in [5, 5.41) is 20.9. The minimum absolute atomic E-state index is 0.521. The number of nitrogens with one attached hydrogen (secondary N) is 2. The van der Waals surface area contributed by atoms with Crippen molar-refractivity contribution in [2.75, 3.05) is 23.3 Å². The van der Waals surface area contributed by atoms with E-state index in [1.54, 1.807) is 0 Å². The van der Waals surface area contributed by atoms with E-state index in [1.807, 2.05) is 55.1 Å². The zero-order valence-electron chi connectivity index (χ0n) is 14.5. The van der Waals surface area contributed by atoms with Crippen molar-refractivity contribution in [2.24, 2.45) is 0 Å². The molecule has 1 aromatic carbocycles. The maximum atomic E-state index is 10.0. The van der Waals surface area contributed by atoms with Gasteiger partial charge in [-0.2, -0.15) is 5.10 Å². The molecule has 4 rings (SSSR count). The van der Waals surface area contributed by atoms with Crippen LogP contribution in [0.4, 0.5) is 17.5 Å². The van der Waals surface area contributed by atoms with Gasteiger partial charge in [0, 0.05) is 36.5 Å². The van der Waals surface area contributed by atoms with Crippen LogP contribution in [0.1, 0.15) is 12.6 Å². The number of hydrogen-bond acceptors (Lipinski definition) is 6. The second kappa shape index (κ2) is 6.26. The van der Waals surface area contributed by atoms with E-state index in [0.29, 0.717) is 35.6 Å². The number of aryl methyl sites for hydroxylation is 1. The van der Waals surface area contributed by atoms with Gasteiger partial charge in [-0.05, 0) is 26.0 Å². The van der Waals surface area contributed by atoms with Crippen LogP contribution in [0, 0.1) is 6.92 Å². The molecule has 1 saturated heterocycles. The van der Waals surface area contributed by atoms with E-state index in [4.69, 9.17) is 11.6 Å². The summed E-state index contributed by atoms with van der Waals surface area (Å²) in [6.45, 7) is 4.78. The SMILES string of the molecule is Cc1cc(Nc2cc(N3CC(C)(O)C3)nc(-c3ccccc3Cl)n2)n[nH]1. The predicted octanol–water partition coefficient (Wildman–Crippen LogP) is 3.14. The number of aliphatic hydroxyl groups is 1. The van der Waals surface area contributed by atoms with E-state index < -0.39 is 5.60 Å². The van der Waals surface area contributed by atoms with Crippen LogP contribution in [0.2, 0.25) is 5.02 Å². The first-order chi connectivity index (χ1) is 12.4. The Balaban J connectivity index is 1.73. The van der Waals surface area contributed by atoms with Gasteiger partial charge >= 0.3 is 0 Å². The molecule has 0 atom stereocenters. The summed E-state index contributed by atoms with van der Waals surface area (Å²) in [5.41, 5.74) is 1.01. The summed E-state index contributed by atoms with van der Waals surface area (Å²) in [6.07, 6.45) is 0. The molecule has 8 heteroatoms. The van der Waals surface area contributed by atoms with Gasteiger partial charge < -0.3 is 15.3 Å². The summed E-state index contributed by atoms with van der Waals surface area (Å²) in [5.74, 6) is 2.54. The standard InChI is InChI=1S/C18H19ClN6O/c1-11-7-15(24-23-11)20-14-8-16(25-9-18(2,26)10-25)22-17(21-14)12-5-3-4-6-13(12)19/h3-8,26H,9-10H2,1-2H3,(H2,20,21,22,23,24). The number of halogens is 1. The third-order valence-electron chi connectivity index (χ3n) is 4.18. The fourth-order valence-corrected chi connectivity index (χ4v) is 3.20. The number of benzene rings is 1. The lowest BCUT2D eigenvalue weighted by molar-refractivity contribution is 0.0305. The van der Waals surface area contributed by atoms with Crippen molar-refractivity contribution in [3.05, 3.63) is 47.1 Å². The third kappa shape index (κ3) is 3.36. The first kappa shape index (κ1) is 16.8. The number of hydrogen-bond donors (Lipinski definition) is 3. The molecule has 0 amide bonds. The van der Waals surface area contributed by atoms with Crippen molar-refractivity contribution >= 4 is 29.1 Å². The fraction of sp³-hybridized carbons (Fsp3) is 0.278. The molecule has 26 heavy (non-hydrogen) atoms. The summed E-state index contributed by atoms with van der Waals surface area (Å²) in [4.78, 5) is 11.2. The molecule has 0 bridgehead atoms. The lowest BCUT2D eigenvalue weighted by Crippen LogP contribution is -2.60. The molecule has 1 aliphatic heterocycles. The topological polar surface area (TPSA) is 90.0 Å². The molecule has 1 fully saturated rings. The predicted molar refractivity (Wildman–Crippen MR) is 102 cm³/mol. The van der Waals surface area contributed by atoms with E-state index in [1.165, 1.54) is 0 Å². The molecule has 0 unspecified atom stereocenters. The zero-order chi connectivity index (χ0) is 18.3. The Hall–Kier alpha value is -2.64. The molecule has 3 heterocycles. The van der Waals surface area contributed by atoms with E-state index in [-0.39, 0.29) is 0 Å². The summed E-state index contributed by atoms with van der Waals surface area (Å²) < 4.78 is 0. The fourth-order valence-electron chi connectivity index (χ4n) is 2.97. The molecule has 7 nitrogen and oxygen atoms in total. The van der Waals surface area contributed by atoms with Gasteiger partial charge in [-0.25, -0.2) is 9.97 Å². The zero-order valence-corrected chi connectivity index (χ0v) is 15.2. The average Bonchev–Trinajstić information content (AvgIpc) is 2.97. The molecule has 2 aromatic heterocycles. The highest BCUT2D eigenvalue weighted by atomic mass is 35.5. The summed E-state index contributed by atoms with van der Waals surface area (Å²) in [7, 11) is 0. The Morgan fingerprint density at radius 2 is 1.96 bits per heavy atom. The van der Waals surface area contributed by atoms with Crippen LogP contribution in [-0.4, -0.2) is 44.0 Å². The molecule has 0 spiro atoms. The number of nitrogens with zero attached hydrogens (tertiary/aromatic N) is 4. The second-order valence-corrected chi connectivity index (χ2v) is 7.24. The Morgan fingerprint density at radius 1 is 1.19 bits per heavy atom. The molecule has 3 aromatic rings. The number of anilines is 3. The first-order valence-corrected chi connectivity index (χ1v) is 8.68. The second-order valence-electron chi connectivity index (χ2n) is 6.83. The first-order valence-electron chi connectivity index (χ1n) is 8.30. The number of β-amino-alcohol motifs (C(OH)–C–C–N with tert-alkyl or cyclic N) is 1. The van der Waals surface area contributed by atoms with Crippen LogP contribution in [0.5, 0.6) is 0 Å². The number of aromatic amines is 1. The minimum atomic E-state index is -0.692. The highest BCUT2D eigenvalue weighted by Gasteiger charge is 2.37. The van der Waals surface area contributed by atoms with Crippen molar-refractivity contribution in [3.8, 4) is 11.4 Å². The van der Waals surface area contributed by atoms with Crippen LogP contribution in [0.25, 0.3) is 11.4 Å². The van der Waals surface area contributed by atoms with Crippen LogP contribution in [0.3, 0.4) is 0 Å². The van der Waals surface area contributed by atoms with E-state index in [9.17, 15) is 5.11 Å². The van der Waals surface area contributed by atoms with Crippen LogP contribution in [0.15, 0.2) is 36.4 Å². The van der Waals surface area contributed by atoms with Crippen molar-refractivity contribution in [2.45, 2.75) is 19.4 Å². The van der Waals surface area contributed by atoms with Gasteiger partial charge in [0.15, 0.2) is 11.6 Å². The van der Waals surface area contributed by atoms with Crippen molar-refractivity contribution in [3.63, 3.8) is 0 Å². The Bertz CT molecular complexity index is 946. The molecular weight excluding hydrogens is 352 g/mol. The third-order valence-corrected chi connectivity index (χ3v) is 4.51. The number of aromatic nitrogens is 4. The maximum absolute atomic E-state index is 10.0. The molecule has 0 saturated carbocycles. The van der Waals surface area contributed by atoms with Gasteiger partial charge in [0.2, 0.25) is 0 Å². The van der Waals surface area contributed by atoms with Gasteiger partial charge in [0.1, 0.15) is 11.6 Å². The van der Waals surface area contributed by atoms with Crippen molar-refractivity contribution in [1.29, 1.82) is 0 Å². The van der Waals surface area contributed by atoms with Crippen molar-refractivity contribution in [1.82, 2.24) is 20.2 Å². The Morgan fingerprint density at radius 3 is 2.62 bits per heavy atom. The lowest BCUT2D eigenvalue weighted by atomic mass is 9.97. The smallest absolute Gasteiger partial charge is 0.165 e. The maximum Gasteiger partial charge on any atom is 0.165 e. The van der Waals surface area contributed by atoms with Crippen LogP contribution < -0.4 is 10.2 Å². The molecule has 1 aliphatic rings. The number of H-pyrrole nitrogens is 1. The monoisotopic (exact) mass is 370 g/mol. The van der Waals surface area contributed by atoms with Gasteiger partial charge in [-0.3, -0.25) is 5.10 Å². The minimum Gasteiger partial charge on any atom is -0.386 e. The number of rotatable bonds is 4. The largest absolute Gasteiger partial charge is 0.386 e. The van der Waals surface area contributed by atoms with Gasteiger partial charge in [-0.1, -0.05) is 23.7 Å². The highest BCUT2D eigenvalue weighted by Crippen LogP contribution is 2.32. The van der Waals surface area contributed by atoms with E-state index in [2.05, 4.69) is 25.5 Å². The lowest BCUT2D eigenvalue weighted by Gasteiger charge is -2.45. The van der Waals surface area contributed by atoms with Crippen LogP contribution in [-0.2, 0) is 0 Å². The highest BCUT2D eigenvalue weighted by molar-refractivity contribution is 6.33. The van der Waals surface area contributed by atoms with E-state index in [0.717, 1.165) is 17.1 Å². The Kier molecular flexibility index (Phi) is 4.05. The molecule has 134 valence electrons. The van der Waals surface area contributed by atoms with E-state index >= 15 is 0 Å². The molecule has 0 radical (unpaired) electrons. The molecule has 3 N–H and O–H groups in total. The van der Waals surface area contributed by atoms with Gasteiger partial charge in [0.25, 0.3) is 0 Å². The summed E-state index contributed by atoms with van der Waals surface area (Å²) in [6, 6.07) is 11.2. The summed E-state index contributed by atoms with van der Waals surface area (Å²) >= 11 is 6.33. The molecular formula is C18H19ClN6O. The van der Waals surface area contributed by atoms with Gasteiger partial charge in [0.05, 0.1) is 10.6 Å². The van der Waals surface area contributed by atoms with Gasteiger partial charge in [-0.15, -0.1) is 0 Å². The van der Waals surface area contributed by atoms with Crippen molar-refractivity contribution < 1.29 is 5.11 Å². The average molecular weight is 371 g/mol. The normalized spacial score (nSPS) is 15.6. The Labute approximate surface area is 156 Å². The molecule has 0 aliphatic carbocycles.